The van der Waals surface area contributed by atoms with Crippen molar-refractivity contribution >= 4 is 11.6 Å². The maximum atomic E-state index is 14.0. The molecule has 2 rings (SSSR count). The summed E-state index contributed by atoms with van der Waals surface area (Å²) in [6.07, 6.45) is 0.728. The largest absolute Gasteiger partial charge is 0.497 e. The van der Waals surface area contributed by atoms with E-state index in [0.717, 1.165) is 12.1 Å². The lowest BCUT2D eigenvalue weighted by Crippen LogP contribution is -2.08. The summed E-state index contributed by atoms with van der Waals surface area (Å²) in [6, 6.07) is 4.53. The topological polar surface area (TPSA) is 39.9 Å². The molecule has 108 valence electrons. The van der Waals surface area contributed by atoms with E-state index in [1.807, 2.05) is 0 Å². The average molecular weight is 298 g/mol. The van der Waals surface area contributed by atoms with Crippen LogP contribution in [0.3, 0.4) is 0 Å². The number of alkyl halides is 1. The first-order chi connectivity index (χ1) is 9.56. The number of aromatic nitrogens is 3. The van der Waals surface area contributed by atoms with Gasteiger partial charge in [-0.2, -0.15) is 0 Å². The number of hydrogen-bond donors (Lipinski definition) is 0. The van der Waals surface area contributed by atoms with E-state index in [4.69, 9.17) is 16.3 Å². The second-order valence-electron chi connectivity index (χ2n) is 4.94. The van der Waals surface area contributed by atoms with Crippen molar-refractivity contribution in [3.63, 3.8) is 0 Å². The van der Waals surface area contributed by atoms with Crippen LogP contribution in [0, 0.1) is 11.7 Å². The number of halogens is 2. The molecule has 0 unspecified atom stereocenters. The van der Waals surface area contributed by atoms with Crippen LogP contribution < -0.4 is 4.74 Å². The van der Waals surface area contributed by atoms with Crippen LogP contribution in [0.15, 0.2) is 18.2 Å². The molecule has 0 aliphatic heterocycles. The minimum atomic E-state index is -0.373. The van der Waals surface area contributed by atoms with Crippen LogP contribution in [-0.2, 0) is 12.3 Å². The van der Waals surface area contributed by atoms with Crippen LogP contribution in [0.1, 0.15) is 25.2 Å². The summed E-state index contributed by atoms with van der Waals surface area (Å²) in [5.74, 6) is 0.845. The van der Waals surface area contributed by atoms with Crippen molar-refractivity contribution in [2.45, 2.75) is 26.1 Å². The molecule has 0 saturated heterocycles. The predicted octanol–water partition coefficient (Wildman–Crippen LogP) is 3.35. The highest BCUT2D eigenvalue weighted by Crippen LogP contribution is 2.23. The molecule has 0 radical (unpaired) electrons. The Bertz CT molecular complexity index is 598. The molecular formula is C14H17ClFN3O. The zero-order valence-electron chi connectivity index (χ0n) is 11.7. The van der Waals surface area contributed by atoms with Crippen molar-refractivity contribution < 1.29 is 9.13 Å². The molecule has 2 aromatic rings. The highest BCUT2D eigenvalue weighted by atomic mass is 35.5. The third kappa shape index (κ3) is 2.93. The molecule has 0 spiro atoms. The van der Waals surface area contributed by atoms with Gasteiger partial charge in [0.1, 0.15) is 22.9 Å². The summed E-state index contributed by atoms with van der Waals surface area (Å²) in [7, 11) is 1.54. The van der Waals surface area contributed by atoms with Crippen LogP contribution in [0.5, 0.6) is 5.75 Å². The quantitative estimate of drug-likeness (QED) is 0.795. The zero-order valence-corrected chi connectivity index (χ0v) is 12.5. The molecule has 1 aromatic carbocycles. The highest BCUT2D eigenvalue weighted by molar-refractivity contribution is 6.16. The summed E-state index contributed by atoms with van der Waals surface area (Å²) in [5, 5.41) is 8.07. The Morgan fingerprint density at radius 3 is 2.75 bits per heavy atom. The van der Waals surface area contributed by atoms with Gasteiger partial charge in [0.2, 0.25) is 0 Å². The Labute approximate surface area is 122 Å². The van der Waals surface area contributed by atoms with E-state index in [1.165, 1.54) is 17.9 Å². The SMILES string of the molecule is COc1ccc(F)c(-n2nnc(CCl)c2CC(C)C)c1. The molecule has 20 heavy (non-hydrogen) atoms. The van der Waals surface area contributed by atoms with Crippen molar-refractivity contribution in [3.05, 3.63) is 35.4 Å². The Kier molecular flexibility index (Phi) is 4.60. The first-order valence-corrected chi connectivity index (χ1v) is 6.93. The van der Waals surface area contributed by atoms with Crippen molar-refractivity contribution in [1.82, 2.24) is 15.0 Å². The van der Waals surface area contributed by atoms with E-state index in [9.17, 15) is 4.39 Å². The first kappa shape index (κ1) is 14.8. The van der Waals surface area contributed by atoms with Gasteiger partial charge in [0, 0.05) is 6.07 Å². The Balaban J connectivity index is 2.54. The number of hydrogen-bond acceptors (Lipinski definition) is 3. The molecule has 0 saturated carbocycles. The van der Waals surface area contributed by atoms with Gasteiger partial charge in [-0.25, -0.2) is 9.07 Å². The van der Waals surface area contributed by atoms with Gasteiger partial charge < -0.3 is 4.74 Å². The van der Waals surface area contributed by atoms with Gasteiger partial charge in [0.15, 0.2) is 0 Å². The second-order valence-corrected chi connectivity index (χ2v) is 5.21. The maximum Gasteiger partial charge on any atom is 0.149 e. The lowest BCUT2D eigenvalue weighted by molar-refractivity contribution is 0.413. The van der Waals surface area contributed by atoms with Crippen molar-refractivity contribution in [2.75, 3.05) is 7.11 Å². The van der Waals surface area contributed by atoms with Gasteiger partial charge in [-0.05, 0) is 24.5 Å². The maximum absolute atomic E-state index is 14.0. The second kappa shape index (κ2) is 6.22. The standard InChI is InChI=1S/C14H17ClFN3O/c1-9(2)6-14-12(8-15)17-18-19(14)13-7-10(20-3)4-5-11(13)16/h4-5,7,9H,6,8H2,1-3H3. The first-order valence-electron chi connectivity index (χ1n) is 6.40. The molecule has 0 aliphatic rings. The predicted molar refractivity (Wildman–Crippen MR) is 76.0 cm³/mol. The van der Waals surface area contributed by atoms with Gasteiger partial charge in [0.25, 0.3) is 0 Å². The van der Waals surface area contributed by atoms with Gasteiger partial charge in [0.05, 0.1) is 18.7 Å². The average Bonchev–Trinajstić information content (AvgIpc) is 2.81. The molecule has 0 N–H and O–H groups in total. The molecule has 6 heteroatoms. The summed E-state index contributed by atoms with van der Waals surface area (Å²) in [6.45, 7) is 4.16. The minimum Gasteiger partial charge on any atom is -0.497 e. The third-order valence-electron chi connectivity index (χ3n) is 2.95. The fourth-order valence-corrected chi connectivity index (χ4v) is 2.21. The summed E-state index contributed by atoms with van der Waals surface area (Å²) >= 11 is 5.88. The van der Waals surface area contributed by atoms with Crippen molar-refractivity contribution in [2.24, 2.45) is 5.92 Å². The Morgan fingerprint density at radius 2 is 2.15 bits per heavy atom. The normalized spacial score (nSPS) is 11.1. The molecule has 0 fully saturated rings. The van der Waals surface area contributed by atoms with Crippen LogP contribution in [-0.4, -0.2) is 22.1 Å². The third-order valence-corrected chi connectivity index (χ3v) is 3.21. The lowest BCUT2D eigenvalue weighted by atomic mass is 10.1. The molecule has 4 nitrogen and oxygen atoms in total. The number of rotatable bonds is 5. The Hall–Kier alpha value is -1.62. The van der Waals surface area contributed by atoms with E-state index in [1.54, 1.807) is 12.1 Å². The van der Waals surface area contributed by atoms with E-state index in [2.05, 4.69) is 24.2 Å². The highest BCUT2D eigenvalue weighted by Gasteiger charge is 2.17. The molecule has 0 amide bonds. The smallest absolute Gasteiger partial charge is 0.149 e. The van der Waals surface area contributed by atoms with Gasteiger partial charge in [-0.15, -0.1) is 16.7 Å². The van der Waals surface area contributed by atoms with Gasteiger partial charge in [-0.3, -0.25) is 0 Å². The van der Waals surface area contributed by atoms with E-state index >= 15 is 0 Å². The summed E-state index contributed by atoms with van der Waals surface area (Å²) in [5.41, 5.74) is 1.84. The molecule has 0 aliphatic carbocycles. The monoisotopic (exact) mass is 297 g/mol. The fraction of sp³-hybridized carbons (Fsp3) is 0.429. The number of nitrogens with zero attached hydrogens (tertiary/aromatic N) is 3. The minimum absolute atomic E-state index is 0.258. The van der Waals surface area contributed by atoms with E-state index < -0.39 is 0 Å². The molecular weight excluding hydrogens is 281 g/mol. The fourth-order valence-electron chi connectivity index (χ4n) is 2.00. The van der Waals surface area contributed by atoms with Crippen LogP contribution >= 0.6 is 11.6 Å². The van der Waals surface area contributed by atoms with Crippen LogP contribution in [0.2, 0.25) is 0 Å². The summed E-state index contributed by atoms with van der Waals surface area (Å²) in [4.78, 5) is 0. The molecule has 1 heterocycles. The Morgan fingerprint density at radius 1 is 1.40 bits per heavy atom. The lowest BCUT2D eigenvalue weighted by Gasteiger charge is -2.11. The van der Waals surface area contributed by atoms with Crippen molar-refractivity contribution in [1.29, 1.82) is 0 Å². The van der Waals surface area contributed by atoms with E-state index in [-0.39, 0.29) is 11.7 Å². The molecule has 0 bridgehead atoms. The molecule has 1 aromatic heterocycles. The van der Waals surface area contributed by atoms with Gasteiger partial charge >= 0.3 is 0 Å². The number of methoxy groups -OCH3 is 1. The summed E-state index contributed by atoms with van der Waals surface area (Å²) < 4.78 is 20.7. The van der Waals surface area contributed by atoms with Crippen LogP contribution in [0.4, 0.5) is 4.39 Å². The number of ether oxygens (including phenoxy) is 1. The molecule has 0 atom stereocenters. The van der Waals surface area contributed by atoms with Gasteiger partial charge in [-0.1, -0.05) is 19.1 Å². The number of benzene rings is 1. The van der Waals surface area contributed by atoms with E-state index in [0.29, 0.717) is 23.0 Å². The zero-order chi connectivity index (χ0) is 14.7. The van der Waals surface area contributed by atoms with Crippen molar-refractivity contribution in [3.8, 4) is 11.4 Å². The van der Waals surface area contributed by atoms with Crippen LogP contribution in [0.25, 0.3) is 5.69 Å².